The van der Waals surface area contributed by atoms with Crippen LogP contribution in [0.3, 0.4) is 0 Å². The van der Waals surface area contributed by atoms with Crippen LogP contribution in [0.1, 0.15) is 21.1 Å². The predicted octanol–water partition coefficient (Wildman–Crippen LogP) is 5.48. The first kappa shape index (κ1) is 16.3. The minimum absolute atomic E-state index is 0.292. The van der Waals surface area contributed by atoms with Gasteiger partial charge in [-0.3, -0.25) is 0 Å². The van der Waals surface area contributed by atoms with E-state index < -0.39 is 0 Å². The molecule has 0 saturated heterocycles. The van der Waals surface area contributed by atoms with E-state index in [-0.39, 0.29) is 5.41 Å². The van der Waals surface area contributed by atoms with Crippen molar-refractivity contribution in [3.05, 3.63) is 49.9 Å². The Morgan fingerprint density at radius 1 is 1.20 bits per heavy atom. The molecule has 5 heteroatoms. The van der Waals surface area contributed by atoms with Crippen LogP contribution in [0.15, 0.2) is 28.7 Å². The third kappa shape index (κ3) is 3.22. The fourth-order valence-electron chi connectivity index (χ4n) is 2.16. The van der Waals surface area contributed by atoms with Crippen molar-refractivity contribution in [1.82, 2.24) is 4.98 Å². The Morgan fingerprint density at radius 3 is 2.35 bits per heavy atom. The first-order valence-corrected chi connectivity index (χ1v) is 9.00. The molecule has 1 aromatic carbocycles. The van der Waals surface area contributed by atoms with Crippen LogP contribution in [-0.4, -0.2) is 16.7 Å². The minimum Gasteiger partial charge on any atom is -0.246 e. The fourth-order valence-corrected chi connectivity index (χ4v) is 4.71. The van der Waals surface area contributed by atoms with Crippen molar-refractivity contribution in [3.63, 3.8) is 0 Å². The van der Waals surface area contributed by atoms with E-state index in [1.165, 1.54) is 4.88 Å². The van der Waals surface area contributed by atoms with E-state index in [4.69, 9.17) is 23.2 Å². The molecule has 2 aromatic rings. The summed E-state index contributed by atoms with van der Waals surface area (Å²) in [6, 6.07) is 8.13. The predicted molar refractivity (Wildman–Crippen MR) is 92.6 cm³/mol. The molecule has 0 aliphatic rings. The molecular formula is C15H16BrCl2NS. The molecule has 0 fully saturated rings. The second-order valence-electron chi connectivity index (χ2n) is 4.95. The molecule has 1 heterocycles. The first-order chi connectivity index (χ1) is 9.52. The quantitative estimate of drug-likeness (QED) is 0.613. The van der Waals surface area contributed by atoms with E-state index in [9.17, 15) is 0 Å². The van der Waals surface area contributed by atoms with Gasteiger partial charge in [-0.05, 0) is 25.5 Å². The molecule has 2 rings (SSSR count). The third-order valence-corrected chi connectivity index (χ3v) is 6.31. The lowest BCUT2D eigenvalue weighted by Gasteiger charge is -2.30. The van der Waals surface area contributed by atoms with Gasteiger partial charge in [0.15, 0.2) is 0 Å². The van der Waals surface area contributed by atoms with Crippen LogP contribution >= 0.6 is 50.5 Å². The van der Waals surface area contributed by atoms with Crippen molar-refractivity contribution >= 4 is 50.5 Å². The number of aryl methyl sites for hydroxylation is 2. The molecule has 0 unspecified atom stereocenters. The minimum atomic E-state index is -0.292. The van der Waals surface area contributed by atoms with Gasteiger partial charge < -0.3 is 0 Å². The highest BCUT2D eigenvalue weighted by Gasteiger charge is 2.34. The molecule has 0 radical (unpaired) electrons. The van der Waals surface area contributed by atoms with Crippen molar-refractivity contribution < 1.29 is 0 Å². The summed E-state index contributed by atoms with van der Waals surface area (Å²) < 4.78 is 1.05. The van der Waals surface area contributed by atoms with Crippen LogP contribution in [0.4, 0.5) is 0 Å². The summed E-state index contributed by atoms with van der Waals surface area (Å²) in [6.45, 7) is 4.13. The Bertz CT molecular complexity index is 574. The Balaban J connectivity index is 2.42. The van der Waals surface area contributed by atoms with Gasteiger partial charge in [0.1, 0.15) is 0 Å². The van der Waals surface area contributed by atoms with Crippen molar-refractivity contribution in [1.29, 1.82) is 0 Å². The topological polar surface area (TPSA) is 12.9 Å². The van der Waals surface area contributed by atoms with Crippen molar-refractivity contribution in [2.24, 2.45) is 0 Å². The number of hydrogen-bond acceptors (Lipinski definition) is 2. The fraction of sp³-hybridized carbons (Fsp3) is 0.400. The smallest absolute Gasteiger partial charge is 0.0940 e. The van der Waals surface area contributed by atoms with Gasteiger partial charge in [0, 0.05) is 32.9 Å². The van der Waals surface area contributed by atoms with Gasteiger partial charge in [-0.2, -0.15) is 0 Å². The second-order valence-corrected chi connectivity index (χ2v) is 7.63. The number of nitrogens with zero attached hydrogens (tertiary/aromatic N) is 1. The number of rotatable bonds is 5. The van der Waals surface area contributed by atoms with Crippen LogP contribution in [0.5, 0.6) is 0 Å². The molecule has 108 valence electrons. The Kier molecular flexibility index (Phi) is 5.52. The molecule has 0 amide bonds. The average Bonchev–Trinajstić information content (AvgIpc) is 2.75. The van der Waals surface area contributed by atoms with Gasteiger partial charge >= 0.3 is 0 Å². The van der Waals surface area contributed by atoms with E-state index in [1.54, 1.807) is 11.3 Å². The number of benzene rings is 1. The second kappa shape index (κ2) is 6.78. The molecule has 1 aromatic heterocycles. The monoisotopic (exact) mass is 391 g/mol. The van der Waals surface area contributed by atoms with Crippen LogP contribution in [0.25, 0.3) is 0 Å². The molecule has 0 spiro atoms. The molecule has 0 N–H and O–H groups in total. The molecule has 0 aliphatic heterocycles. The standard InChI is InChI=1S/C15H16BrCl2NS/c1-10-11(2)20-14(19-10)7-15(8-17,9-18)12-5-3-4-6-13(12)16/h3-6H,7-9H2,1-2H3. The maximum Gasteiger partial charge on any atom is 0.0940 e. The van der Waals surface area contributed by atoms with E-state index >= 15 is 0 Å². The lowest BCUT2D eigenvalue weighted by Crippen LogP contribution is -2.33. The average molecular weight is 393 g/mol. The Hall–Kier alpha value is -0.0900. The number of halogens is 3. The molecule has 0 bridgehead atoms. The largest absolute Gasteiger partial charge is 0.246 e. The van der Waals surface area contributed by atoms with Gasteiger partial charge in [0.05, 0.1) is 10.7 Å². The molecule has 0 aliphatic carbocycles. The lowest BCUT2D eigenvalue weighted by atomic mass is 9.81. The first-order valence-electron chi connectivity index (χ1n) is 6.32. The van der Waals surface area contributed by atoms with Crippen molar-refractivity contribution in [3.8, 4) is 0 Å². The highest BCUT2D eigenvalue weighted by atomic mass is 79.9. The lowest BCUT2D eigenvalue weighted by molar-refractivity contribution is 0.532. The number of hydrogen-bond donors (Lipinski definition) is 0. The van der Waals surface area contributed by atoms with Crippen molar-refractivity contribution in [2.45, 2.75) is 25.7 Å². The summed E-state index contributed by atoms with van der Waals surface area (Å²) in [5, 5.41) is 1.09. The maximum atomic E-state index is 6.30. The van der Waals surface area contributed by atoms with E-state index in [0.29, 0.717) is 11.8 Å². The van der Waals surface area contributed by atoms with E-state index in [0.717, 1.165) is 27.2 Å². The summed E-state index contributed by atoms with van der Waals surface area (Å²) in [6.07, 6.45) is 0.766. The normalized spacial score (nSPS) is 11.8. The van der Waals surface area contributed by atoms with Gasteiger partial charge in [0.25, 0.3) is 0 Å². The van der Waals surface area contributed by atoms with Gasteiger partial charge in [-0.1, -0.05) is 34.1 Å². The maximum absolute atomic E-state index is 6.30. The molecule has 0 saturated carbocycles. The van der Waals surface area contributed by atoms with Crippen LogP contribution in [0.2, 0.25) is 0 Å². The molecule has 1 nitrogen and oxygen atoms in total. The summed E-state index contributed by atoms with van der Waals surface area (Å²) in [5.74, 6) is 0.938. The third-order valence-electron chi connectivity index (χ3n) is 3.52. The number of aromatic nitrogens is 1. The summed E-state index contributed by atoms with van der Waals surface area (Å²) >= 11 is 17.9. The van der Waals surface area contributed by atoms with Crippen LogP contribution in [-0.2, 0) is 11.8 Å². The van der Waals surface area contributed by atoms with Gasteiger partial charge in [-0.15, -0.1) is 34.5 Å². The summed E-state index contributed by atoms with van der Waals surface area (Å²) in [7, 11) is 0. The molecular weight excluding hydrogens is 377 g/mol. The van der Waals surface area contributed by atoms with E-state index in [1.807, 2.05) is 25.1 Å². The SMILES string of the molecule is Cc1nc(CC(CCl)(CCl)c2ccccc2Br)sc1C. The van der Waals surface area contributed by atoms with E-state index in [2.05, 4.69) is 33.9 Å². The molecule has 0 atom stereocenters. The summed E-state index contributed by atoms with van der Waals surface area (Å²) in [4.78, 5) is 5.89. The molecule has 20 heavy (non-hydrogen) atoms. The number of alkyl halides is 2. The Labute approximate surface area is 142 Å². The zero-order valence-electron chi connectivity index (χ0n) is 11.4. The van der Waals surface area contributed by atoms with Gasteiger partial charge in [-0.25, -0.2) is 4.98 Å². The highest BCUT2D eigenvalue weighted by Crippen LogP contribution is 2.37. The highest BCUT2D eigenvalue weighted by molar-refractivity contribution is 9.10. The zero-order valence-corrected chi connectivity index (χ0v) is 15.3. The van der Waals surface area contributed by atoms with Crippen LogP contribution < -0.4 is 0 Å². The van der Waals surface area contributed by atoms with Crippen molar-refractivity contribution in [2.75, 3.05) is 11.8 Å². The van der Waals surface area contributed by atoms with Crippen LogP contribution in [0, 0.1) is 13.8 Å². The van der Waals surface area contributed by atoms with Gasteiger partial charge in [0.2, 0.25) is 0 Å². The Morgan fingerprint density at radius 2 is 1.85 bits per heavy atom. The summed E-state index contributed by atoms with van der Waals surface area (Å²) in [5.41, 5.74) is 1.95. The number of thiazole rings is 1. The zero-order chi connectivity index (χ0) is 14.8.